The number of alkyl halides is 1. The average Bonchev–Trinajstić information content (AvgIpc) is 2.60. The van der Waals surface area contributed by atoms with E-state index >= 15 is 0 Å². The Morgan fingerprint density at radius 1 is 1.44 bits per heavy atom. The quantitative estimate of drug-likeness (QED) is 0.763. The molecule has 2 unspecified atom stereocenters. The number of hydrogen-bond acceptors (Lipinski definition) is 1. The SMILES string of the molecule is Cc1ccccc1C(C)N1CCC(Br)C1=O. The summed E-state index contributed by atoms with van der Waals surface area (Å²) in [6.45, 7) is 5.05. The second-order valence-corrected chi connectivity index (χ2v) is 5.43. The van der Waals surface area contributed by atoms with Gasteiger partial charge in [-0.2, -0.15) is 0 Å². The minimum absolute atomic E-state index is 0.0129. The van der Waals surface area contributed by atoms with Crippen molar-refractivity contribution < 1.29 is 4.79 Å². The Hall–Kier alpha value is -0.830. The number of carbonyl (C=O) groups excluding carboxylic acids is 1. The van der Waals surface area contributed by atoms with Crippen LogP contribution in [0.15, 0.2) is 24.3 Å². The maximum Gasteiger partial charge on any atom is 0.236 e. The summed E-state index contributed by atoms with van der Waals surface area (Å²) in [6.07, 6.45) is 0.912. The minimum Gasteiger partial charge on any atom is -0.335 e. The van der Waals surface area contributed by atoms with Gasteiger partial charge in [-0.1, -0.05) is 40.2 Å². The molecule has 0 aromatic heterocycles. The summed E-state index contributed by atoms with van der Waals surface area (Å²) in [4.78, 5) is 13.9. The van der Waals surface area contributed by atoms with Crippen molar-refractivity contribution in [3.8, 4) is 0 Å². The standard InChI is InChI=1S/C13H16BrNO/c1-9-5-3-4-6-11(9)10(2)15-8-7-12(14)13(15)16/h3-6,10,12H,7-8H2,1-2H3. The molecule has 2 rings (SSSR count). The van der Waals surface area contributed by atoms with Crippen LogP contribution in [0.2, 0.25) is 0 Å². The normalized spacial score (nSPS) is 22.6. The van der Waals surface area contributed by atoms with E-state index < -0.39 is 0 Å². The van der Waals surface area contributed by atoms with Gasteiger partial charge < -0.3 is 4.90 Å². The highest BCUT2D eigenvalue weighted by molar-refractivity contribution is 9.10. The van der Waals surface area contributed by atoms with Gasteiger partial charge in [-0.15, -0.1) is 0 Å². The second-order valence-electron chi connectivity index (χ2n) is 4.32. The van der Waals surface area contributed by atoms with Gasteiger partial charge in [0.1, 0.15) is 0 Å². The van der Waals surface area contributed by atoms with Gasteiger partial charge in [0.05, 0.1) is 10.9 Å². The first-order chi connectivity index (χ1) is 7.61. The van der Waals surface area contributed by atoms with Crippen LogP contribution in [0.1, 0.15) is 30.5 Å². The number of aryl methyl sites for hydroxylation is 1. The molecule has 1 aromatic carbocycles. The molecule has 1 aromatic rings. The van der Waals surface area contributed by atoms with Crippen LogP contribution < -0.4 is 0 Å². The van der Waals surface area contributed by atoms with Crippen molar-refractivity contribution in [1.82, 2.24) is 4.90 Å². The van der Waals surface area contributed by atoms with Gasteiger partial charge in [-0.05, 0) is 31.4 Å². The Morgan fingerprint density at radius 2 is 2.12 bits per heavy atom. The second kappa shape index (κ2) is 4.58. The molecule has 1 heterocycles. The molecule has 2 nitrogen and oxygen atoms in total. The molecule has 3 heteroatoms. The first-order valence-electron chi connectivity index (χ1n) is 5.61. The van der Waals surface area contributed by atoms with E-state index in [4.69, 9.17) is 0 Å². The molecule has 0 bridgehead atoms. The van der Waals surface area contributed by atoms with Gasteiger partial charge in [0.15, 0.2) is 0 Å². The fraction of sp³-hybridized carbons (Fsp3) is 0.462. The van der Waals surface area contributed by atoms with Crippen molar-refractivity contribution in [3.05, 3.63) is 35.4 Å². The molecule has 0 N–H and O–H groups in total. The Balaban J connectivity index is 2.23. The molecule has 0 spiro atoms. The van der Waals surface area contributed by atoms with E-state index in [0.29, 0.717) is 0 Å². The zero-order valence-electron chi connectivity index (χ0n) is 9.61. The van der Waals surface area contributed by atoms with Crippen molar-refractivity contribution in [2.45, 2.75) is 31.1 Å². The largest absolute Gasteiger partial charge is 0.335 e. The highest BCUT2D eigenvalue weighted by Crippen LogP contribution is 2.29. The predicted octanol–water partition coefficient (Wildman–Crippen LogP) is 3.05. The lowest BCUT2D eigenvalue weighted by molar-refractivity contribution is -0.129. The fourth-order valence-electron chi connectivity index (χ4n) is 2.27. The van der Waals surface area contributed by atoms with Crippen molar-refractivity contribution in [2.75, 3.05) is 6.54 Å². The molecule has 2 atom stereocenters. The van der Waals surface area contributed by atoms with Crippen LogP contribution in [0, 0.1) is 6.92 Å². The highest BCUT2D eigenvalue weighted by atomic mass is 79.9. The van der Waals surface area contributed by atoms with Crippen LogP contribution in [0.25, 0.3) is 0 Å². The van der Waals surface area contributed by atoms with Gasteiger partial charge in [0, 0.05) is 6.54 Å². The molecule has 1 saturated heterocycles. The van der Waals surface area contributed by atoms with Crippen LogP contribution in [-0.4, -0.2) is 22.2 Å². The number of benzene rings is 1. The molecule has 0 radical (unpaired) electrons. The van der Waals surface area contributed by atoms with E-state index in [9.17, 15) is 4.79 Å². The summed E-state index contributed by atoms with van der Waals surface area (Å²) >= 11 is 3.41. The Morgan fingerprint density at radius 3 is 2.69 bits per heavy atom. The maximum atomic E-state index is 11.9. The molecule has 0 saturated carbocycles. The van der Waals surface area contributed by atoms with Gasteiger partial charge in [0.2, 0.25) is 5.91 Å². The molecule has 1 fully saturated rings. The van der Waals surface area contributed by atoms with Gasteiger partial charge >= 0.3 is 0 Å². The number of nitrogens with zero attached hydrogens (tertiary/aromatic N) is 1. The molecular weight excluding hydrogens is 266 g/mol. The van der Waals surface area contributed by atoms with E-state index in [1.54, 1.807) is 0 Å². The molecule has 86 valence electrons. The van der Waals surface area contributed by atoms with Gasteiger partial charge in [-0.25, -0.2) is 0 Å². The highest BCUT2D eigenvalue weighted by Gasteiger charge is 2.33. The Bertz CT molecular complexity index is 405. The molecule has 0 aliphatic carbocycles. The number of rotatable bonds is 2. The molecule has 1 amide bonds. The first-order valence-corrected chi connectivity index (χ1v) is 6.53. The summed E-state index contributed by atoms with van der Waals surface area (Å²) < 4.78 is 0. The van der Waals surface area contributed by atoms with E-state index in [1.165, 1.54) is 11.1 Å². The number of carbonyl (C=O) groups is 1. The van der Waals surface area contributed by atoms with Crippen LogP contribution in [0.4, 0.5) is 0 Å². The third-order valence-corrected chi connectivity index (χ3v) is 4.13. The van der Waals surface area contributed by atoms with E-state index in [-0.39, 0.29) is 16.8 Å². The van der Waals surface area contributed by atoms with Crippen LogP contribution in [-0.2, 0) is 4.79 Å². The topological polar surface area (TPSA) is 20.3 Å². The zero-order chi connectivity index (χ0) is 11.7. The molecule has 1 aliphatic rings. The van der Waals surface area contributed by atoms with Crippen LogP contribution in [0.5, 0.6) is 0 Å². The van der Waals surface area contributed by atoms with Crippen molar-refractivity contribution >= 4 is 21.8 Å². The third kappa shape index (κ3) is 2.01. The zero-order valence-corrected chi connectivity index (χ0v) is 11.2. The monoisotopic (exact) mass is 281 g/mol. The Kier molecular flexibility index (Phi) is 3.33. The lowest BCUT2D eigenvalue weighted by Crippen LogP contribution is -2.30. The summed E-state index contributed by atoms with van der Waals surface area (Å²) in [7, 11) is 0. The number of likely N-dealkylation sites (tertiary alicyclic amines) is 1. The summed E-state index contributed by atoms with van der Waals surface area (Å²) in [5, 5.41) is 0. The lowest BCUT2D eigenvalue weighted by atomic mass is 10.0. The average molecular weight is 282 g/mol. The minimum atomic E-state index is 0.0129. The Labute approximate surface area is 105 Å². The third-order valence-electron chi connectivity index (χ3n) is 3.28. The number of halogens is 1. The molecule has 16 heavy (non-hydrogen) atoms. The number of hydrogen-bond donors (Lipinski definition) is 0. The summed E-state index contributed by atoms with van der Waals surface area (Å²) in [6, 6.07) is 8.44. The fourth-order valence-corrected chi connectivity index (χ4v) is 2.74. The first kappa shape index (κ1) is 11.6. The lowest BCUT2D eigenvalue weighted by Gasteiger charge is -2.26. The molecular formula is C13H16BrNO. The van der Waals surface area contributed by atoms with E-state index in [1.807, 2.05) is 17.0 Å². The molecule has 1 aliphatic heterocycles. The van der Waals surface area contributed by atoms with Crippen molar-refractivity contribution in [3.63, 3.8) is 0 Å². The van der Waals surface area contributed by atoms with Crippen LogP contribution in [0.3, 0.4) is 0 Å². The smallest absolute Gasteiger partial charge is 0.236 e. The van der Waals surface area contributed by atoms with E-state index in [2.05, 4.69) is 41.9 Å². The van der Waals surface area contributed by atoms with Crippen molar-refractivity contribution in [1.29, 1.82) is 0 Å². The number of amides is 1. The van der Waals surface area contributed by atoms with E-state index in [0.717, 1.165) is 13.0 Å². The maximum absolute atomic E-state index is 11.9. The van der Waals surface area contributed by atoms with Crippen molar-refractivity contribution in [2.24, 2.45) is 0 Å². The summed E-state index contributed by atoms with van der Waals surface area (Å²) in [5.74, 6) is 0.218. The van der Waals surface area contributed by atoms with Crippen LogP contribution >= 0.6 is 15.9 Å². The van der Waals surface area contributed by atoms with Gasteiger partial charge in [0.25, 0.3) is 0 Å². The van der Waals surface area contributed by atoms with Gasteiger partial charge in [-0.3, -0.25) is 4.79 Å². The predicted molar refractivity (Wildman–Crippen MR) is 68.6 cm³/mol. The summed E-state index contributed by atoms with van der Waals surface area (Å²) in [5.41, 5.74) is 2.50.